The number of hydrogen-bond donors (Lipinski definition) is 1. The number of aromatic nitrogens is 1. The average molecular weight is 379 g/mol. The van der Waals surface area contributed by atoms with Gasteiger partial charge in [0, 0.05) is 36.5 Å². The highest BCUT2D eigenvalue weighted by atomic mass is 32.1. The number of methoxy groups -OCH3 is 1. The van der Waals surface area contributed by atoms with E-state index in [1.807, 2.05) is 18.2 Å². The van der Waals surface area contributed by atoms with Crippen LogP contribution in [0.3, 0.4) is 0 Å². The number of ether oxygens (including phenoxy) is 1. The Morgan fingerprint density at radius 2 is 2.07 bits per heavy atom. The highest BCUT2D eigenvalue weighted by Gasteiger charge is 2.21. The second-order valence-electron chi connectivity index (χ2n) is 6.52. The van der Waals surface area contributed by atoms with Crippen LogP contribution in [0.5, 0.6) is 5.75 Å². The molecule has 0 fully saturated rings. The number of benzene rings is 2. The molecule has 3 aromatic rings. The number of nitrogens with zero attached hydrogens (tertiary/aromatic N) is 2. The number of nitrogens with one attached hydrogen (secondary N) is 1. The van der Waals surface area contributed by atoms with Crippen LogP contribution >= 0.6 is 11.3 Å². The number of amides is 1. The molecule has 138 valence electrons. The van der Waals surface area contributed by atoms with Crippen LogP contribution < -0.4 is 10.1 Å². The van der Waals surface area contributed by atoms with Crippen molar-refractivity contribution < 1.29 is 9.53 Å². The van der Waals surface area contributed by atoms with E-state index in [1.165, 1.54) is 10.4 Å². The van der Waals surface area contributed by atoms with Gasteiger partial charge >= 0.3 is 0 Å². The first kappa shape index (κ1) is 17.7. The number of rotatable bonds is 5. The Morgan fingerprint density at radius 3 is 2.89 bits per heavy atom. The van der Waals surface area contributed by atoms with Crippen LogP contribution in [0.2, 0.25) is 0 Å². The molecule has 5 nitrogen and oxygen atoms in total. The van der Waals surface area contributed by atoms with Crippen molar-refractivity contribution in [1.82, 2.24) is 9.88 Å². The molecule has 1 aliphatic heterocycles. The topological polar surface area (TPSA) is 54.5 Å². The Balaban J connectivity index is 1.43. The third-order valence-electron chi connectivity index (χ3n) is 4.61. The zero-order valence-electron chi connectivity index (χ0n) is 15.1. The Morgan fingerprint density at radius 1 is 1.22 bits per heavy atom. The number of carbonyl (C=O) groups excluding carboxylic acids is 1. The van der Waals surface area contributed by atoms with E-state index in [0.29, 0.717) is 16.4 Å². The van der Waals surface area contributed by atoms with Gasteiger partial charge in [-0.1, -0.05) is 36.4 Å². The van der Waals surface area contributed by atoms with Gasteiger partial charge in [0.15, 0.2) is 5.13 Å². The lowest BCUT2D eigenvalue weighted by atomic mass is 10.1. The zero-order chi connectivity index (χ0) is 18.6. The lowest BCUT2D eigenvalue weighted by Gasteiger charge is -2.25. The van der Waals surface area contributed by atoms with Gasteiger partial charge in [-0.2, -0.15) is 0 Å². The molecule has 2 aromatic carbocycles. The van der Waals surface area contributed by atoms with Crippen molar-refractivity contribution in [2.45, 2.75) is 19.5 Å². The van der Waals surface area contributed by atoms with Gasteiger partial charge in [-0.05, 0) is 23.8 Å². The summed E-state index contributed by atoms with van der Waals surface area (Å²) in [6, 6.07) is 17.6. The van der Waals surface area contributed by atoms with E-state index in [-0.39, 0.29) is 5.91 Å². The smallest absolute Gasteiger partial charge is 0.257 e. The monoisotopic (exact) mass is 379 g/mol. The van der Waals surface area contributed by atoms with Crippen LogP contribution in [0.1, 0.15) is 26.5 Å². The summed E-state index contributed by atoms with van der Waals surface area (Å²) in [4.78, 5) is 20.8. The predicted octanol–water partition coefficient (Wildman–Crippen LogP) is 3.96. The lowest BCUT2D eigenvalue weighted by Crippen LogP contribution is -2.29. The molecular formula is C21H21N3O2S. The van der Waals surface area contributed by atoms with Crippen LogP contribution in [0.25, 0.3) is 0 Å². The Labute approximate surface area is 162 Å². The van der Waals surface area contributed by atoms with Gasteiger partial charge in [-0.25, -0.2) is 4.98 Å². The molecular weight excluding hydrogens is 358 g/mol. The van der Waals surface area contributed by atoms with E-state index in [2.05, 4.69) is 39.5 Å². The van der Waals surface area contributed by atoms with Gasteiger partial charge in [0.2, 0.25) is 0 Å². The third-order valence-corrected chi connectivity index (χ3v) is 5.61. The summed E-state index contributed by atoms with van der Waals surface area (Å²) in [5.74, 6) is 0.499. The summed E-state index contributed by atoms with van der Waals surface area (Å²) in [5.41, 5.74) is 2.98. The van der Waals surface area contributed by atoms with Gasteiger partial charge in [0.1, 0.15) is 5.75 Å². The SMILES string of the molecule is COc1cccc(C(=O)Nc2nc3c(s2)CN(Cc2ccccc2)CC3)c1. The quantitative estimate of drug-likeness (QED) is 0.729. The molecule has 1 N–H and O–H groups in total. The summed E-state index contributed by atoms with van der Waals surface area (Å²) in [6.07, 6.45) is 0.910. The van der Waals surface area contributed by atoms with E-state index in [4.69, 9.17) is 4.74 Å². The molecule has 0 unspecified atom stereocenters. The van der Waals surface area contributed by atoms with Crippen LogP contribution in [0.15, 0.2) is 54.6 Å². The van der Waals surface area contributed by atoms with Crippen LogP contribution in [-0.4, -0.2) is 29.4 Å². The summed E-state index contributed by atoms with van der Waals surface area (Å²) in [7, 11) is 1.59. The first-order chi connectivity index (χ1) is 13.2. The molecule has 0 spiro atoms. The molecule has 0 saturated heterocycles. The van der Waals surface area contributed by atoms with Gasteiger partial charge in [0.05, 0.1) is 12.8 Å². The van der Waals surface area contributed by atoms with E-state index in [9.17, 15) is 4.79 Å². The van der Waals surface area contributed by atoms with E-state index in [0.717, 1.165) is 31.7 Å². The maximum Gasteiger partial charge on any atom is 0.257 e. The number of thiazole rings is 1. The minimum Gasteiger partial charge on any atom is -0.497 e. The fourth-order valence-electron chi connectivity index (χ4n) is 3.21. The molecule has 2 heterocycles. The molecule has 1 aromatic heterocycles. The Hall–Kier alpha value is -2.70. The van der Waals surface area contributed by atoms with Gasteiger partial charge in [-0.15, -0.1) is 11.3 Å². The fraction of sp³-hybridized carbons (Fsp3) is 0.238. The van der Waals surface area contributed by atoms with Crippen molar-refractivity contribution in [2.75, 3.05) is 19.0 Å². The van der Waals surface area contributed by atoms with Crippen molar-refractivity contribution in [3.63, 3.8) is 0 Å². The van der Waals surface area contributed by atoms with Gasteiger partial charge in [0.25, 0.3) is 5.91 Å². The second kappa shape index (κ2) is 7.90. The van der Waals surface area contributed by atoms with Crippen LogP contribution in [0.4, 0.5) is 5.13 Å². The van der Waals surface area contributed by atoms with Crippen molar-refractivity contribution in [3.05, 3.63) is 76.3 Å². The summed E-state index contributed by atoms with van der Waals surface area (Å²) in [6.45, 7) is 2.79. The van der Waals surface area contributed by atoms with Crippen molar-refractivity contribution >= 4 is 22.4 Å². The van der Waals surface area contributed by atoms with Crippen LogP contribution in [0, 0.1) is 0 Å². The highest BCUT2D eigenvalue weighted by Crippen LogP contribution is 2.29. The summed E-state index contributed by atoms with van der Waals surface area (Å²) in [5, 5.41) is 3.59. The molecule has 4 rings (SSSR count). The largest absolute Gasteiger partial charge is 0.497 e. The summed E-state index contributed by atoms with van der Waals surface area (Å²) < 4.78 is 5.18. The maximum absolute atomic E-state index is 12.5. The number of fused-ring (bicyclic) bond motifs is 1. The first-order valence-electron chi connectivity index (χ1n) is 8.91. The van der Waals surface area contributed by atoms with E-state index < -0.39 is 0 Å². The fourth-order valence-corrected chi connectivity index (χ4v) is 4.26. The molecule has 0 saturated carbocycles. The second-order valence-corrected chi connectivity index (χ2v) is 7.60. The first-order valence-corrected chi connectivity index (χ1v) is 9.73. The molecule has 0 radical (unpaired) electrons. The number of hydrogen-bond acceptors (Lipinski definition) is 5. The van der Waals surface area contributed by atoms with Crippen molar-refractivity contribution in [2.24, 2.45) is 0 Å². The average Bonchev–Trinajstić information content (AvgIpc) is 3.10. The zero-order valence-corrected chi connectivity index (χ0v) is 16.0. The standard InChI is InChI=1S/C21H21N3O2S/c1-26-17-9-5-8-16(12-17)20(25)23-21-22-18-10-11-24(14-19(18)27-21)13-15-6-3-2-4-7-15/h2-9,12H,10-11,13-14H2,1H3,(H,22,23,25). The molecule has 6 heteroatoms. The van der Waals surface area contributed by atoms with Crippen molar-refractivity contribution in [1.29, 1.82) is 0 Å². The number of anilines is 1. The number of carbonyl (C=O) groups is 1. The Bertz CT molecular complexity index is 940. The van der Waals surface area contributed by atoms with Gasteiger partial charge in [-0.3, -0.25) is 15.0 Å². The van der Waals surface area contributed by atoms with Gasteiger partial charge < -0.3 is 4.74 Å². The normalized spacial score (nSPS) is 13.8. The molecule has 0 bridgehead atoms. The molecule has 0 aliphatic carbocycles. The molecule has 1 amide bonds. The van der Waals surface area contributed by atoms with Crippen molar-refractivity contribution in [3.8, 4) is 5.75 Å². The maximum atomic E-state index is 12.5. The molecule has 27 heavy (non-hydrogen) atoms. The Kier molecular flexibility index (Phi) is 5.18. The lowest BCUT2D eigenvalue weighted by molar-refractivity contribution is 0.102. The molecule has 0 atom stereocenters. The van der Waals surface area contributed by atoms with Crippen LogP contribution in [-0.2, 0) is 19.5 Å². The minimum atomic E-state index is -0.166. The summed E-state index contributed by atoms with van der Waals surface area (Å²) >= 11 is 1.57. The predicted molar refractivity (Wildman–Crippen MR) is 107 cm³/mol. The highest BCUT2D eigenvalue weighted by molar-refractivity contribution is 7.15. The van der Waals surface area contributed by atoms with E-state index >= 15 is 0 Å². The third kappa shape index (κ3) is 4.18. The van der Waals surface area contributed by atoms with E-state index in [1.54, 1.807) is 30.6 Å². The molecule has 1 aliphatic rings. The minimum absolute atomic E-state index is 0.166.